The van der Waals surface area contributed by atoms with Gasteiger partial charge in [-0.15, -0.1) is 0 Å². The van der Waals surface area contributed by atoms with Crippen molar-refractivity contribution in [1.29, 1.82) is 0 Å². The van der Waals surface area contributed by atoms with Crippen LogP contribution in [-0.4, -0.2) is 9.36 Å². The Hall–Kier alpha value is -2.74. The van der Waals surface area contributed by atoms with E-state index in [1.54, 1.807) is 0 Å². The minimum absolute atomic E-state index is 0.396. The average Bonchev–Trinajstić information content (AvgIpc) is 3.23. The summed E-state index contributed by atoms with van der Waals surface area (Å²) in [5, 5.41) is 0. The van der Waals surface area contributed by atoms with Crippen molar-refractivity contribution in [2.75, 3.05) is 0 Å². The fraction of sp³-hybridized carbons (Fsp3) is 0.0526. The fourth-order valence-electron chi connectivity index (χ4n) is 3.23. The monoisotopic (exact) mass is 270 g/mol. The van der Waals surface area contributed by atoms with E-state index in [-0.39, 0.29) is 0 Å². The van der Waals surface area contributed by atoms with Crippen LogP contribution in [0.5, 0.6) is 0 Å². The molecule has 2 heteroatoms. The second kappa shape index (κ2) is 3.89. The minimum atomic E-state index is 0.396. The fourth-order valence-corrected chi connectivity index (χ4v) is 3.23. The summed E-state index contributed by atoms with van der Waals surface area (Å²) in [6.45, 7) is 0. The largest absolute Gasteiger partial charge is 0.252 e. The first-order valence-electron chi connectivity index (χ1n) is 7.26. The highest BCUT2D eigenvalue weighted by Crippen LogP contribution is 2.43. The lowest BCUT2D eigenvalue weighted by Crippen LogP contribution is -1.87. The lowest BCUT2D eigenvalue weighted by molar-refractivity contribution is 0.978. The maximum absolute atomic E-state index is 2.34. The van der Waals surface area contributed by atoms with Gasteiger partial charge in [-0.3, -0.25) is 9.36 Å². The Bertz CT molecular complexity index is 890. The summed E-state index contributed by atoms with van der Waals surface area (Å²) >= 11 is 0. The summed E-state index contributed by atoms with van der Waals surface area (Å²) in [6, 6.07) is 28.0. The summed E-state index contributed by atoms with van der Waals surface area (Å²) in [5.74, 6) is 0. The summed E-state index contributed by atoms with van der Waals surface area (Å²) in [5.41, 5.74) is 6.58. The molecule has 0 saturated carbocycles. The minimum Gasteiger partial charge on any atom is -0.252 e. The van der Waals surface area contributed by atoms with Crippen molar-refractivity contribution in [2.45, 2.75) is 6.17 Å². The molecule has 2 heterocycles. The summed E-state index contributed by atoms with van der Waals surface area (Å²) in [7, 11) is 0. The zero-order valence-corrected chi connectivity index (χ0v) is 11.5. The number of hydrogen-bond acceptors (Lipinski definition) is 0. The van der Waals surface area contributed by atoms with E-state index in [2.05, 4.69) is 88.2 Å². The molecule has 1 aliphatic heterocycles. The Balaban J connectivity index is 1.50. The van der Waals surface area contributed by atoms with E-state index in [0.717, 1.165) is 0 Å². The van der Waals surface area contributed by atoms with Crippen molar-refractivity contribution >= 4 is 11.0 Å². The normalized spacial score (nSPS) is 13.5. The Morgan fingerprint density at radius 1 is 0.524 bits per heavy atom. The average molecular weight is 270 g/mol. The van der Waals surface area contributed by atoms with Crippen molar-refractivity contribution in [3.63, 3.8) is 0 Å². The molecule has 0 fully saturated rings. The van der Waals surface area contributed by atoms with Gasteiger partial charge >= 0.3 is 0 Å². The van der Waals surface area contributed by atoms with Gasteiger partial charge in [0, 0.05) is 0 Å². The highest BCUT2D eigenvalue weighted by molar-refractivity contribution is 5.82. The number of rotatable bonds is 2. The Labute approximate surface area is 122 Å². The van der Waals surface area contributed by atoms with Gasteiger partial charge in [-0.2, -0.15) is 0 Å². The molecule has 0 radical (unpaired) electrons. The summed E-state index contributed by atoms with van der Waals surface area (Å²) < 4.78 is 4.68. The molecule has 100 valence electrons. The highest BCUT2D eigenvalue weighted by atomic mass is 15.7. The van der Waals surface area contributed by atoms with Gasteiger partial charge in [0.05, 0.1) is 11.0 Å². The molecule has 5 rings (SSSR count). The first-order valence-corrected chi connectivity index (χ1v) is 7.26. The molecule has 0 aliphatic carbocycles. The lowest BCUT2D eigenvalue weighted by atomic mass is 10.0. The number of benzene rings is 3. The third-order valence-electron chi connectivity index (χ3n) is 4.33. The molecule has 21 heavy (non-hydrogen) atoms. The van der Waals surface area contributed by atoms with Crippen molar-refractivity contribution in [3.8, 4) is 11.1 Å². The predicted molar refractivity (Wildman–Crippen MR) is 85.3 cm³/mol. The van der Waals surface area contributed by atoms with Crippen LogP contribution in [0, 0.1) is 0 Å². The number of fused-ring (bicyclic) bond motifs is 4. The Kier molecular flexibility index (Phi) is 2.03. The number of para-hydroxylation sites is 2. The zero-order valence-electron chi connectivity index (χ0n) is 11.5. The predicted octanol–water partition coefficient (Wildman–Crippen LogP) is 4.52. The van der Waals surface area contributed by atoms with Crippen LogP contribution in [0.4, 0.5) is 0 Å². The van der Waals surface area contributed by atoms with Crippen LogP contribution in [0.3, 0.4) is 0 Å². The van der Waals surface area contributed by atoms with E-state index in [9.17, 15) is 0 Å². The molecular formula is C19H14N2. The van der Waals surface area contributed by atoms with E-state index >= 15 is 0 Å². The van der Waals surface area contributed by atoms with Gasteiger partial charge in [0.1, 0.15) is 0 Å². The van der Waals surface area contributed by atoms with Gasteiger partial charge in [0.25, 0.3) is 0 Å². The number of nitrogens with zero attached hydrogens (tertiary/aromatic N) is 2. The topological polar surface area (TPSA) is 9.86 Å². The lowest BCUT2D eigenvalue weighted by Gasteiger charge is -2.02. The zero-order chi connectivity index (χ0) is 13.8. The molecule has 0 spiro atoms. The first kappa shape index (κ1) is 11.0. The third kappa shape index (κ3) is 1.47. The van der Waals surface area contributed by atoms with Crippen LogP contribution in [0.2, 0.25) is 0 Å². The molecule has 0 bridgehead atoms. The smallest absolute Gasteiger partial charge is 0.166 e. The van der Waals surface area contributed by atoms with Crippen LogP contribution >= 0.6 is 0 Å². The second-order valence-corrected chi connectivity index (χ2v) is 5.54. The molecule has 1 aliphatic rings. The quantitative estimate of drug-likeness (QED) is 0.446. The van der Waals surface area contributed by atoms with Crippen LogP contribution < -0.4 is 0 Å². The van der Waals surface area contributed by atoms with E-state index in [0.29, 0.717) is 6.17 Å². The van der Waals surface area contributed by atoms with Crippen LogP contribution in [-0.2, 0) is 0 Å². The molecule has 0 amide bonds. The molecule has 3 aromatic carbocycles. The van der Waals surface area contributed by atoms with Gasteiger partial charge < -0.3 is 0 Å². The molecule has 1 aromatic heterocycles. The number of aromatic nitrogens is 2. The molecule has 0 saturated heterocycles. The maximum atomic E-state index is 2.34. The first-order chi connectivity index (χ1) is 10.4. The Morgan fingerprint density at radius 2 is 1.05 bits per heavy atom. The maximum Gasteiger partial charge on any atom is 0.166 e. The van der Waals surface area contributed by atoms with E-state index in [1.807, 2.05) is 0 Å². The molecule has 0 unspecified atom stereocenters. The Morgan fingerprint density at radius 3 is 1.67 bits per heavy atom. The SMILES string of the molecule is c1ccc(-c2ccc(C3n4c5ccccc5n43)cc2)cc1. The third-order valence-corrected chi connectivity index (χ3v) is 4.33. The van der Waals surface area contributed by atoms with Crippen molar-refractivity contribution < 1.29 is 0 Å². The highest BCUT2D eigenvalue weighted by Gasteiger charge is 2.38. The van der Waals surface area contributed by atoms with E-state index in [4.69, 9.17) is 0 Å². The van der Waals surface area contributed by atoms with Gasteiger partial charge in [0.15, 0.2) is 6.17 Å². The van der Waals surface area contributed by atoms with Crippen molar-refractivity contribution in [3.05, 3.63) is 84.4 Å². The van der Waals surface area contributed by atoms with Crippen LogP contribution in [0.1, 0.15) is 11.7 Å². The van der Waals surface area contributed by atoms with Crippen molar-refractivity contribution in [2.24, 2.45) is 0 Å². The molecule has 0 atom stereocenters. The van der Waals surface area contributed by atoms with Gasteiger partial charge in [0.2, 0.25) is 0 Å². The van der Waals surface area contributed by atoms with Gasteiger partial charge in [-0.05, 0) is 28.8 Å². The summed E-state index contributed by atoms with van der Waals surface area (Å²) in [4.78, 5) is 0. The summed E-state index contributed by atoms with van der Waals surface area (Å²) in [6.07, 6.45) is 0.396. The van der Waals surface area contributed by atoms with Gasteiger partial charge in [-0.1, -0.05) is 66.7 Å². The second-order valence-electron chi connectivity index (χ2n) is 5.54. The van der Waals surface area contributed by atoms with E-state index in [1.165, 1.54) is 27.7 Å². The van der Waals surface area contributed by atoms with E-state index < -0.39 is 0 Å². The van der Waals surface area contributed by atoms with Gasteiger partial charge in [-0.25, -0.2) is 0 Å². The molecular weight excluding hydrogens is 256 g/mol. The van der Waals surface area contributed by atoms with Crippen molar-refractivity contribution in [1.82, 2.24) is 9.36 Å². The molecule has 2 nitrogen and oxygen atoms in total. The number of hydrogen-bond donors (Lipinski definition) is 0. The standard InChI is InChI=1S/C19H14N2/c1-2-6-14(7-3-1)15-10-12-16(13-11-15)19-20-17-8-4-5-9-18(17)21(19)20/h1-13,19H. The molecule has 0 N–H and O–H groups in total. The van der Waals surface area contributed by atoms with Crippen LogP contribution in [0.15, 0.2) is 78.9 Å². The molecule has 4 aromatic rings. The van der Waals surface area contributed by atoms with Crippen LogP contribution in [0.25, 0.3) is 22.2 Å².